The van der Waals surface area contributed by atoms with Gasteiger partial charge in [0.2, 0.25) is 0 Å². The minimum absolute atomic E-state index is 0.0199. The second-order valence-electron chi connectivity index (χ2n) is 5.44. The van der Waals surface area contributed by atoms with Crippen molar-refractivity contribution >= 4 is 23.0 Å². The molecule has 1 aliphatic carbocycles. The van der Waals surface area contributed by atoms with Crippen molar-refractivity contribution in [2.45, 2.75) is 39.3 Å². The number of nitrogens with one attached hydrogen (secondary N) is 1. The summed E-state index contributed by atoms with van der Waals surface area (Å²) in [5.41, 5.74) is 0. The van der Waals surface area contributed by atoms with Crippen LogP contribution in [0.25, 0.3) is 0 Å². The lowest BCUT2D eigenvalue weighted by Gasteiger charge is -2.17. The summed E-state index contributed by atoms with van der Waals surface area (Å²) in [7, 11) is 0. The highest BCUT2D eigenvalue weighted by Crippen LogP contribution is 2.40. The largest absolute Gasteiger partial charge is 0.341 e. The molecule has 7 heteroatoms. The molecule has 1 amide bonds. The molecular formula is C15H18N4O2S. The molecule has 2 aromatic rings. The van der Waals surface area contributed by atoms with Crippen LogP contribution in [-0.4, -0.2) is 26.5 Å². The number of carbonyl (C=O) groups is 2. The molecule has 2 aromatic heterocycles. The van der Waals surface area contributed by atoms with Crippen LogP contribution in [0, 0.1) is 5.92 Å². The third-order valence-corrected chi connectivity index (χ3v) is 4.96. The minimum Gasteiger partial charge on any atom is -0.341 e. The summed E-state index contributed by atoms with van der Waals surface area (Å²) >= 11 is 1.23. The van der Waals surface area contributed by atoms with E-state index in [1.165, 1.54) is 24.6 Å². The van der Waals surface area contributed by atoms with Gasteiger partial charge >= 0.3 is 0 Å². The van der Waals surface area contributed by atoms with E-state index in [-0.39, 0.29) is 17.7 Å². The van der Waals surface area contributed by atoms with Crippen molar-refractivity contribution in [2.24, 2.45) is 5.92 Å². The fourth-order valence-corrected chi connectivity index (χ4v) is 3.25. The Morgan fingerprint density at radius 2 is 2.14 bits per heavy atom. The van der Waals surface area contributed by atoms with Crippen molar-refractivity contribution in [3.63, 3.8) is 0 Å². The van der Waals surface area contributed by atoms with Gasteiger partial charge in [0.1, 0.15) is 12.2 Å². The van der Waals surface area contributed by atoms with E-state index in [1.807, 2.05) is 11.6 Å². The molecule has 1 atom stereocenters. The number of nitrogens with zero attached hydrogens (tertiary/aromatic N) is 3. The number of carbonyl (C=O) groups excluding carboxylic acids is 2. The highest BCUT2D eigenvalue weighted by molar-refractivity contribution is 7.15. The zero-order valence-electron chi connectivity index (χ0n) is 12.6. The monoisotopic (exact) mass is 318 g/mol. The number of hydrogen-bond donors (Lipinski definition) is 1. The molecule has 0 aliphatic heterocycles. The van der Waals surface area contributed by atoms with E-state index in [2.05, 4.69) is 15.4 Å². The van der Waals surface area contributed by atoms with E-state index in [4.69, 9.17) is 0 Å². The number of amides is 1. The number of ketones is 1. The van der Waals surface area contributed by atoms with Crippen LogP contribution in [0.4, 0.5) is 0 Å². The van der Waals surface area contributed by atoms with Gasteiger partial charge in [-0.25, -0.2) is 9.67 Å². The third kappa shape index (κ3) is 2.94. The van der Waals surface area contributed by atoms with E-state index in [9.17, 15) is 9.59 Å². The number of rotatable bonds is 6. The normalized spacial score (nSPS) is 15.5. The van der Waals surface area contributed by atoms with Crippen molar-refractivity contribution in [1.29, 1.82) is 0 Å². The Hall–Kier alpha value is -2.02. The molecule has 0 radical (unpaired) electrons. The van der Waals surface area contributed by atoms with Gasteiger partial charge in [-0.15, -0.1) is 11.3 Å². The molecule has 0 bridgehead atoms. The van der Waals surface area contributed by atoms with E-state index < -0.39 is 0 Å². The summed E-state index contributed by atoms with van der Waals surface area (Å²) in [4.78, 5) is 29.3. The summed E-state index contributed by atoms with van der Waals surface area (Å²) in [5.74, 6) is 1.06. The van der Waals surface area contributed by atoms with Crippen LogP contribution < -0.4 is 5.32 Å². The van der Waals surface area contributed by atoms with Gasteiger partial charge < -0.3 is 5.32 Å². The zero-order chi connectivity index (χ0) is 15.7. The average Bonchev–Trinajstić information content (AvgIpc) is 3.04. The maximum atomic E-state index is 12.4. The molecule has 0 unspecified atom stereocenters. The fourth-order valence-electron chi connectivity index (χ4n) is 2.44. The topological polar surface area (TPSA) is 76.9 Å². The maximum absolute atomic E-state index is 12.4. The van der Waals surface area contributed by atoms with Crippen LogP contribution in [0.15, 0.2) is 18.5 Å². The van der Waals surface area contributed by atoms with Crippen molar-refractivity contribution < 1.29 is 9.59 Å². The number of aromatic nitrogens is 3. The Kier molecular flexibility index (Phi) is 4.06. The molecule has 2 heterocycles. The summed E-state index contributed by atoms with van der Waals surface area (Å²) in [6.07, 6.45) is 3.70. The first-order chi connectivity index (χ1) is 10.6. The maximum Gasteiger partial charge on any atom is 0.261 e. The van der Waals surface area contributed by atoms with Gasteiger partial charge in [0.25, 0.3) is 5.91 Å². The van der Waals surface area contributed by atoms with Gasteiger partial charge in [0, 0.05) is 6.54 Å². The first-order valence-electron chi connectivity index (χ1n) is 7.39. The third-order valence-electron chi connectivity index (χ3n) is 3.78. The van der Waals surface area contributed by atoms with Crippen molar-refractivity contribution in [1.82, 2.24) is 20.1 Å². The fraction of sp³-hybridized carbons (Fsp3) is 0.467. The van der Waals surface area contributed by atoms with Crippen LogP contribution in [0.3, 0.4) is 0 Å². The Morgan fingerprint density at radius 1 is 1.41 bits per heavy atom. The predicted octanol–water partition coefficient (Wildman–Crippen LogP) is 2.44. The molecule has 0 aromatic carbocycles. The second-order valence-corrected chi connectivity index (χ2v) is 6.53. The molecule has 1 aliphatic rings. The van der Waals surface area contributed by atoms with E-state index in [0.29, 0.717) is 15.7 Å². The van der Waals surface area contributed by atoms with Crippen LogP contribution in [0.5, 0.6) is 0 Å². The number of aryl methyl sites for hydroxylation is 1. The Balaban J connectivity index is 1.79. The van der Waals surface area contributed by atoms with E-state index in [1.54, 1.807) is 12.1 Å². The van der Waals surface area contributed by atoms with Crippen LogP contribution >= 0.6 is 11.3 Å². The number of hydrogen-bond acceptors (Lipinski definition) is 5. The lowest BCUT2D eigenvalue weighted by atomic mass is 10.1. The van der Waals surface area contributed by atoms with Gasteiger partial charge in [0.15, 0.2) is 5.78 Å². The van der Waals surface area contributed by atoms with Crippen LogP contribution in [0.1, 0.15) is 57.9 Å². The van der Waals surface area contributed by atoms with Gasteiger partial charge in [-0.2, -0.15) is 5.10 Å². The SMILES string of the molecule is CCn1ncnc1[C@H](NC(=O)c1ccc(C(C)=O)s1)C1CC1. The molecule has 3 rings (SSSR count). The molecule has 0 saturated heterocycles. The molecule has 1 saturated carbocycles. The number of thiophene rings is 1. The summed E-state index contributed by atoms with van der Waals surface area (Å²) in [6.45, 7) is 4.23. The average molecular weight is 318 g/mol. The molecular weight excluding hydrogens is 300 g/mol. The van der Waals surface area contributed by atoms with Gasteiger partial charge in [-0.1, -0.05) is 0 Å². The number of Topliss-reactive ketones (excluding diaryl/α,β-unsaturated/α-hetero) is 1. The zero-order valence-corrected chi connectivity index (χ0v) is 13.4. The highest BCUT2D eigenvalue weighted by atomic mass is 32.1. The van der Waals surface area contributed by atoms with Crippen molar-refractivity contribution in [2.75, 3.05) is 0 Å². The predicted molar refractivity (Wildman–Crippen MR) is 83.0 cm³/mol. The molecule has 22 heavy (non-hydrogen) atoms. The molecule has 1 N–H and O–H groups in total. The summed E-state index contributed by atoms with van der Waals surface area (Å²) in [5, 5.41) is 7.25. The Bertz CT molecular complexity index is 702. The molecule has 6 nitrogen and oxygen atoms in total. The summed E-state index contributed by atoms with van der Waals surface area (Å²) in [6, 6.07) is 3.28. The van der Waals surface area contributed by atoms with Gasteiger partial charge in [-0.05, 0) is 44.7 Å². The van der Waals surface area contributed by atoms with E-state index >= 15 is 0 Å². The van der Waals surface area contributed by atoms with Crippen molar-refractivity contribution in [3.05, 3.63) is 34.0 Å². The molecule has 0 spiro atoms. The van der Waals surface area contributed by atoms with Crippen molar-refractivity contribution in [3.8, 4) is 0 Å². The van der Waals surface area contributed by atoms with Crippen LogP contribution in [0.2, 0.25) is 0 Å². The molecule has 1 fully saturated rings. The smallest absolute Gasteiger partial charge is 0.261 e. The lowest BCUT2D eigenvalue weighted by molar-refractivity contribution is 0.0932. The standard InChI is InChI=1S/C15H18N4O2S/c1-3-19-14(16-8-17-19)13(10-4-5-10)18-15(21)12-7-6-11(22-12)9(2)20/h6-8,10,13H,3-5H2,1-2H3,(H,18,21)/t13-/m1/s1. The van der Waals surface area contributed by atoms with Crippen LogP contribution in [-0.2, 0) is 6.54 Å². The van der Waals surface area contributed by atoms with E-state index in [0.717, 1.165) is 25.2 Å². The quantitative estimate of drug-likeness (QED) is 0.830. The lowest BCUT2D eigenvalue weighted by Crippen LogP contribution is -2.31. The van der Waals surface area contributed by atoms with Gasteiger partial charge in [-0.3, -0.25) is 9.59 Å². The highest BCUT2D eigenvalue weighted by Gasteiger charge is 2.36. The molecule has 116 valence electrons. The van der Waals surface area contributed by atoms with Gasteiger partial charge in [0.05, 0.1) is 15.8 Å². The Labute approximate surface area is 132 Å². The summed E-state index contributed by atoms with van der Waals surface area (Å²) < 4.78 is 1.82. The first kappa shape index (κ1) is 14.9. The second kappa shape index (κ2) is 6.00. The Morgan fingerprint density at radius 3 is 2.73 bits per heavy atom. The first-order valence-corrected chi connectivity index (χ1v) is 8.21. The minimum atomic E-state index is -0.153.